The third-order valence-corrected chi connectivity index (χ3v) is 6.04. The second-order valence-electron chi connectivity index (χ2n) is 8.93. The maximum absolute atomic E-state index is 12.1. The maximum Gasteiger partial charge on any atom is 0.381 e. The van der Waals surface area contributed by atoms with Crippen molar-refractivity contribution < 1.29 is 19.2 Å². The van der Waals surface area contributed by atoms with E-state index in [0.29, 0.717) is 13.0 Å². The molecule has 1 N–H and O–H groups in total. The van der Waals surface area contributed by atoms with Gasteiger partial charge in [0, 0.05) is 31.3 Å². The van der Waals surface area contributed by atoms with Gasteiger partial charge in [0.1, 0.15) is 17.7 Å². The first-order chi connectivity index (χ1) is 18.4. The minimum Gasteiger partial charge on any atom is -0.497 e. The molecule has 0 aliphatic carbocycles. The van der Waals surface area contributed by atoms with Crippen molar-refractivity contribution in [2.75, 3.05) is 40.9 Å². The average Bonchev–Trinajstić information content (AvgIpc) is 3.43. The number of likely N-dealkylation sites (N-methyl/N-ethyl adjacent to an activating group) is 1. The zero-order valence-corrected chi connectivity index (χ0v) is 22.1. The summed E-state index contributed by atoms with van der Waals surface area (Å²) in [6, 6.07) is 13.4. The van der Waals surface area contributed by atoms with Crippen LogP contribution >= 0.6 is 0 Å². The van der Waals surface area contributed by atoms with E-state index in [2.05, 4.69) is 22.2 Å². The molecule has 0 saturated carbocycles. The first-order valence-electron chi connectivity index (χ1n) is 12.5. The van der Waals surface area contributed by atoms with E-state index in [1.807, 2.05) is 54.6 Å². The highest BCUT2D eigenvalue weighted by atomic mass is 16.6. The molecule has 0 aliphatic heterocycles. The Morgan fingerprint density at radius 2 is 1.82 bits per heavy atom. The summed E-state index contributed by atoms with van der Waals surface area (Å²) in [4.78, 5) is 28.4. The number of rotatable bonds is 15. The van der Waals surface area contributed by atoms with Crippen molar-refractivity contribution >= 4 is 17.8 Å². The van der Waals surface area contributed by atoms with Crippen LogP contribution in [0.1, 0.15) is 30.4 Å². The molecule has 38 heavy (non-hydrogen) atoms. The molecule has 0 atom stereocenters. The zero-order valence-electron chi connectivity index (χ0n) is 22.1. The molecule has 0 saturated heterocycles. The molecule has 0 aliphatic rings. The molecule has 1 amide bonds. The number of aromatic nitrogens is 2. The summed E-state index contributed by atoms with van der Waals surface area (Å²) in [5, 5.41) is 13.7. The number of carbonyl (C=O) groups is 1. The Balaban J connectivity index is 1.29. The molecule has 10 heteroatoms. The van der Waals surface area contributed by atoms with Gasteiger partial charge in [-0.1, -0.05) is 24.3 Å². The summed E-state index contributed by atoms with van der Waals surface area (Å²) in [6.45, 7) is 2.54. The van der Waals surface area contributed by atoms with Crippen LogP contribution in [0.5, 0.6) is 11.5 Å². The predicted molar refractivity (Wildman–Crippen MR) is 147 cm³/mol. The number of imidazole rings is 1. The summed E-state index contributed by atoms with van der Waals surface area (Å²) in [5.74, 6) is 1.39. The molecule has 3 rings (SSSR count). The van der Waals surface area contributed by atoms with Crippen LogP contribution in [0.15, 0.2) is 61.1 Å². The first kappa shape index (κ1) is 28.4. The van der Waals surface area contributed by atoms with Gasteiger partial charge >= 0.3 is 5.82 Å². The fourth-order valence-corrected chi connectivity index (χ4v) is 3.86. The second kappa shape index (κ2) is 14.5. The Bertz CT molecular complexity index is 1200. The van der Waals surface area contributed by atoms with Crippen molar-refractivity contribution in [3.8, 4) is 17.2 Å². The van der Waals surface area contributed by atoms with Crippen LogP contribution in [0.2, 0.25) is 0 Å². The Labute approximate surface area is 223 Å². The third kappa shape index (κ3) is 9.04. The van der Waals surface area contributed by atoms with Crippen LogP contribution in [0.25, 0.3) is 11.8 Å². The van der Waals surface area contributed by atoms with E-state index in [0.717, 1.165) is 55.1 Å². The summed E-state index contributed by atoms with van der Waals surface area (Å²) >= 11 is 0. The van der Waals surface area contributed by atoms with E-state index in [1.165, 1.54) is 18.1 Å². The Kier molecular flexibility index (Phi) is 10.9. The largest absolute Gasteiger partial charge is 0.497 e. The van der Waals surface area contributed by atoms with Gasteiger partial charge in [0.05, 0.1) is 14.2 Å². The molecular formula is C28H35N5O5. The summed E-state index contributed by atoms with van der Waals surface area (Å²) in [6.07, 6.45) is 9.61. The van der Waals surface area contributed by atoms with Crippen molar-refractivity contribution in [3.63, 3.8) is 0 Å². The van der Waals surface area contributed by atoms with Crippen LogP contribution in [-0.4, -0.2) is 66.2 Å². The van der Waals surface area contributed by atoms with Crippen LogP contribution in [0.4, 0.5) is 5.82 Å². The van der Waals surface area contributed by atoms with Gasteiger partial charge in [0.15, 0.2) is 0 Å². The number of hydrogen-bond acceptors (Lipinski definition) is 7. The van der Waals surface area contributed by atoms with Gasteiger partial charge in [0.2, 0.25) is 12.2 Å². The van der Waals surface area contributed by atoms with Gasteiger partial charge in [-0.25, -0.2) is 0 Å². The lowest BCUT2D eigenvalue weighted by Crippen LogP contribution is -2.26. The van der Waals surface area contributed by atoms with Gasteiger partial charge in [-0.3, -0.25) is 9.36 Å². The first-order valence-corrected chi connectivity index (χ1v) is 12.5. The van der Waals surface area contributed by atoms with Crippen molar-refractivity contribution in [1.29, 1.82) is 0 Å². The number of benzene rings is 2. The molecule has 2 aromatic carbocycles. The third-order valence-electron chi connectivity index (χ3n) is 6.04. The number of ether oxygens (including phenoxy) is 2. The highest BCUT2D eigenvalue weighted by molar-refractivity contribution is 5.78. The number of nitro groups is 1. The van der Waals surface area contributed by atoms with E-state index in [1.54, 1.807) is 18.8 Å². The second-order valence-corrected chi connectivity index (χ2v) is 8.93. The van der Waals surface area contributed by atoms with Crippen molar-refractivity contribution in [3.05, 3.63) is 82.3 Å². The summed E-state index contributed by atoms with van der Waals surface area (Å²) in [7, 11) is 5.41. The smallest absolute Gasteiger partial charge is 0.381 e. The van der Waals surface area contributed by atoms with Crippen molar-refractivity contribution in [1.82, 2.24) is 19.8 Å². The van der Waals surface area contributed by atoms with Gasteiger partial charge in [-0.15, -0.1) is 0 Å². The standard InChI is InChI=1S/C28H35N5O5/c1-31(16-13-23-17-25(37-2)19-26(18-23)38-3)15-5-4-14-29-28(34)8-6-7-22-9-11-24(12-10-22)32-20-27(30-21-32)33(35)36/h6-7,9-12,17-21H,4-5,8,13-16H2,1-3H3,(H,29,34). The SMILES string of the molecule is COc1cc(CCN(C)CCCCNC(=O)CC=Cc2ccc(-n3cnc([N+](=O)[O-])c3)cc2)cc(OC)c1. The van der Waals surface area contributed by atoms with E-state index in [-0.39, 0.29) is 11.7 Å². The molecule has 0 unspecified atom stereocenters. The lowest BCUT2D eigenvalue weighted by atomic mass is 10.1. The average molecular weight is 522 g/mol. The van der Waals surface area contributed by atoms with Gasteiger partial charge in [-0.05, 0) is 78.2 Å². The topological polar surface area (TPSA) is 112 Å². The summed E-state index contributed by atoms with van der Waals surface area (Å²) in [5.41, 5.74) is 2.88. The number of nitrogens with zero attached hydrogens (tertiary/aromatic N) is 4. The number of nitrogens with one attached hydrogen (secondary N) is 1. The highest BCUT2D eigenvalue weighted by Gasteiger charge is 2.10. The number of amides is 1. The maximum atomic E-state index is 12.1. The Morgan fingerprint density at radius 3 is 2.45 bits per heavy atom. The Morgan fingerprint density at radius 1 is 1.11 bits per heavy atom. The van der Waals surface area contributed by atoms with E-state index in [9.17, 15) is 14.9 Å². The Hall–Kier alpha value is -4.18. The van der Waals surface area contributed by atoms with Crippen molar-refractivity contribution in [2.45, 2.75) is 25.7 Å². The molecule has 0 fully saturated rings. The highest BCUT2D eigenvalue weighted by Crippen LogP contribution is 2.23. The van der Waals surface area contributed by atoms with E-state index in [4.69, 9.17) is 9.47 Å². The normalized spacial score (nSPS) is 11.2. The molecule has 1 aromatic heterocycles. The van der Waals surface area contributed by atoms with Gasteiger partial charge < -0.3 is 29.8 Å². The van der Waals surface area contributed by atoms with Crippen LogP contribution in [0.3, 0.4) is 0 Å². The minimum absolute atomic E-state index is 0.0103. The van der Waals surface area contributed by atoms with Crippen LogP contribution < -0.4 is 14.8 Å². The number of carbonyl (C=O) groups excluding carboxylic acids is 1. The molecule has 202 valence electrons. The number of unbranched alkanes of at least 4 members (excludes halogenated alkanes) is 1. The van der Waals surface area contributed by atoms with E-state index < -0.39 is 4.92 Å². The van der Waals surface area contributed by atoms with Gasteiger partial charge in [-0.2, -0.15) is 0 Å². The van der Waals surface area contributed by atoms with Crippen LogP contribution in [0, 0.1) is 10.1 Å². The molecule has 0 spiro atoms. The van der Waals surface area contributed by atoms with Gasteiger partial charge in [0.25, 0.3) is 0 Å². The number of methoxy groups -OCH3 is 2. The molecular weight excluding hydrogens is 486 g/mol. The monoisotopic (exact) mass is 521 g/mol. The summed E-state index contributed by atoms with van der Waals surface area (Å²) < 4.78 is 12.3. The fraction of sp³-hybridized carbons (Fsp3) is 0.357. The zero-order chi connectivity index (χ0) is 27.3. The predicted octanol–water partition coefficient (Wildman–Crippen LogP) is 4.27. The van der Waals surface area contributed by atoms with E-state index >= 15 is 0 Å². The van der Waals surface area contributed by atoms with Crippen LogP contribution in [-0.2, 0) is 11.2 Å². The molecule has 0 radical (unpaired) electrons. The minimum atomic E-state index is -0.527. The van der Waals surface area contributed by atoms with Crippen molar-refractivity contribution in [2.24, 2.45) is 0 Å². The molecule has 3 aromatic rings. The lowest BCUT2D eigenvalue weighted by Gasteiger charge is -2.17. The fourth-order valence-electron chi connectivity index (χ4n) is 3.86. The molecule has 0 bridgehead atoms. The molecule has 10 nitrogen and oxygen atoms in total. The quantitative estimate of drug-likeness (QED) is 0.181. The molecule has 1 heterocycles. The number of hydrogen-bond donors (Lipinski definition) is 1. The lowest BCUT2D eigenvalue weighted by molar-refractivity contribution is -0.389.